The number of anilines is 1. The predicted octanol–water partition coefficient (Wildman–Crippen LogP) is 1.98. The Morgan fingerprint density at radius 2 is 1.96 bits per heavy atom. The predicted molar refractivity (Wildman–Crippen MR) is 105 cm³/mol. The maximum Gasteiger partial charge on any atom is 0.317 e. The van der Waals surface area contributed by atoms with Crippen LogP contribution >= 0.6 is 11.6 Å². The number of carbonyl (C=O) groups is 1. The summed E-state index contributed by atoms with van der Waals surface area (Å²) in [7, 11) is 0. The number of ether oxygens (including phenoxy) is 2. The molecule has 2 aromatic rings. The van der Waals surface area contributed by atoms with E-state index in [1.54, 1.807) is 18.6 Å². The zero-order chi connectivity index (χ0) is 19.3. The number of halogens is 1. The molecule has 1 saturated heterocycles. The molecule has 1 fully saturated rings. The molecule has 0 atom stereocenters. The van der Waals surface area contributed by atoms with Crippen molar-refractivity contribution < 1.29 is 14.3 Å². The van der Waals surface area contributed by atoms with Crippen LogP contribution in [0.4, 0.5) is 10.6 Å². The molecule has 148 valence electrons. The monoisotopic (exact) mass is 403 g/mol. The molecular weight excluding hydrogens is 382 g/mol. The number of rotatable bonds is 4. The van der Waals surface area contributed by atoms with E-state index in [1.807, 2.05) is 17.0 Å². The summed E-state index contributed by atoms with van der Waals surface area (Å²) < 4.78 is 11.1. The van der Waals surface area contributed by atoms with Gasteiger partial charge in [0, 0.05) is 45.1 Å². The van der Waals surface area contributed by atoms with E-state index in [0.717, 1.165) is 24.5 Å². The first-order valence-corrected chi connectivity index (χ1v) is 9.70. The van der Waals surface area contributed by atoms with E-state index in [0.29, 0.717) is 55.8 Å². The summed E-state index contributed by atoms with van der Waals surface area (Å²) in [6.07, 6.45) is 5.75. The second-order valence-electron chi connectivity index (χ2n) is 6.62. The molecular formula is C19H22ClN5O3. The van der Waals surface area contributed by atoms with Gasteiger partial charge in [-0.05, 0) is 24.1 Å². The normalized spacial score (nSPS) is 16.0. The quantitative estimate of drug-likeness (QED) is 0.840. The topological polar surface area (TPSA) is 79.8 Å². The molecule has 3 heterocycles. The van der Waals surface area contributed by atoms with Crippen LogP contribution < -0.4 is 19.7 Å². The van der Waals surface area contributed by atoms with Crippen LogP contribution in [-0.4, -0.2) is 66.8 Å². The Morgan fingerprint density at radius 3 is 2.75 bits per heavy atom. The lowest BCUT2D eigenvalue weighted by molar-refractivity contribution is 0.171. The summed E-state index contributed by atoms with van der Waals surface area (Å²) in [6.45, 7) is 4.33. The first-order valence-electron chi connectivity index (χ1n) is 9.32. The highest BCUT2D eigenvalue weighted by atomic mass is 35.5. The molecule has 0 spiro atoms. The van der Waals surface area contributed by atoms with Crippen LogP contribution in [0.5, 0.6) is 11.5 Å². The second-order valence-corrected chi connectivity index (χ2v) is 7.03. The van der Waals surface area contributed by atoms with Gasteiger partial charge in [-0.15, -0.1) is 0 Å². The molecule has 28 heavy (non-hydrogen) atoms. The largest absolute Gasteiger partial charge is 0.486 e. The SMILES string of the molecule is O=C(NCCc1cc(Cl)c2c(c1)OCCO2)N1CCN(c2cnccn2)CC1. The number of fused-ring (bicyclic) bond motifs is 1. The number of piperazine rings is 1. The number of carbonyl (C=O) groups excluding carboxylic acids is 1. The van der Waals surface area contributed by atoms with Crippen molar-refractivity contribution in [2.24, 2.45) is 0 Å². The number of urea groups is 1. The lowest BCUT2D eigenvalue weighted by Crippen LogP contribution is -2.52. The van der Waals surface area contributed by atoms with Gasteiger partial charge in [0.15, 0.2) is 11.5 Å². The van der Waals surface area contributed by atoms with Crippen LogP contribution in [0.25, 0.3) is 0 Å². The first-order chi connectivity index (χ1) is 13.7. The average Bonchev–Trinajstić information content (AvgIpc) is 2.74. The first kappa shape index (κ1) is 18.6. The molecule has 2 amide bonds. The smallest absolute Gasteiger partial charge is 0.317 e. The zero-order valence-electron chi connectivity index (χ0n) is 15.4. The van der Waals surface area contributed by atoms with Crippen LogP contribution in [-0.2, 0) is 6.42 Å². The Bertz CT molecular complexity index is 828. The van der Waals surface area contributed by atoms with Gasteiger partial charge in [0.2, 0.25) is 0 Å². The number of nitrogens with zero attached hydrogens (tertiary/aromatic N) is 4. The number of hydrogen-bond donors (Lipinski definition) is 1. The molecule has 0 saturated carbocycles. The molecule has 9 heteroatoms. The third kappa shape index (κ3) is 4.22. The zero-order valence-corrected chi connectivity index (χ0v) is 16.2. The molecule has 0 unspecified atom stereocenters. The van der Waals surface area contributed by atoms with E-state index in [1.165, 1.54) is 0 Å². The highest BCUT2D eigenvalue weighted by molar-refractivity contribution is 6.32. The van der Waals surface area contributed by atoms with Crippen LogP contribution in [0.3, 0.4) is 0 Å². The van der Waals surface area contributed by atoms with E-state index in [-0.39, 0.29) is 6.03 Å². The maximum absolute atomic E-state index is 12.4. The summed E-state index contributed by atoms with van der Waals surface area (Å²) >= 11 is 6.26. The van der Waals surface area contributed by atoms with Gasteiger partial charge in [-0.25, -0.2) is 9.78 Å². The van der Waals surface area contributed by atoms with Gasteiger partial charge in [-0.2, -0.15) is 0 Å². The Morgan fingerprint density at radius 1 is 1.14 bits per heavy atom. The van der Waals surface area contributed by atoms with Gasteiger partial charge in [0.1, 0.15) is 19.0 Å². The van der Waals surface area contributed by atoms with Crippen LogP contribution in [0.2, 0.25) is 5.02 Å². The average molecular weight is 404 g/mol. The van der Waals surface area contributed by atoms with Gasteiger partial charge >= 0.3 is 6.03 Å². The lowest BCUT2D eigenvalue weighted by atomic mass is 10.1. The van der Waals surface area contributed by atoms with Crippen molar-refractivity contribution in [3.05, 3.63) is 41.3 Å². The van der Waals surface area contributed by atoms with Gasteiger partial charge < -0.3 is 24.6 Å². The minimum absolute atomic E-state index is 0.0533. The standard InChI is InChI=1S/C19H22ClN5O3/c20-15-11-14(12-16-18(15)28-10-9-27-16)1-2-23-19(26)25-7-5-24(6-8-25)17-13-21-3-4-22-17/h3-4,11-13H,1-2,5-10H2,(H,23,26). The van der Waals surface area contributed by atoms with E-state index in [2.05, 4.69) is 20.2 Å². The summed E-state index contributed by atoms with van der Waals surface area (Å²) in [5.74, 6) is 2.11. The molecule has 0 radical (unpaired) electrons. The number of benzene rings is 1. The third-order valence-electron chi connectivity index (χ3n) is 4.79. The fraction of sp³-hybridized carbons (Fsp3) is 0.421. The Balaban J connectivity index is 1.25. The molecule has 1 N–H and O–H groups in total. The summed E-state index contributed by atoms with van der Waals surface area (Å²) in [6, 6.07) is 3.73. The molecule has 0 bridgehead atoms. The van der Waals surface area contributed by atoms with E-state index in [9.17, 15) is 4.79 Å². The molecule has 2 aliphatic rings. The number of aromatic nitrogens is 2. The summed E-state index contributed by atoms with van der Waals surface area (Å²) in [5, 5.41) is 3.52. The lowest BCUT2D eigenvalue weighted by Gasteiger charge is -2.35. The molecule has 2 aliphatic heterocycles. The van der Waals surface area contributed by atoms with Crippen molar-refractivity contribution in [1.82, 2.24) is 20.2 Å². The van der Waals surface area contributed by atoms with Crippen molar-refractivity contribution in [1.29, 1.82) is 0 Å². The minimum Gasteiger partial charge on any atom is -0.486 e. The highest BCUT2D eigenvalue weighted by Gasteiger charge is 2.22. The number of amides is 2. The molecule has 0 aliphatic carbocycles. The van der Waals surface area contributed by atoms with E-state index >= 15 is 0 Å². The molecule has 1 aromatic carbocycles. The second kappa shape index (κ2) is 8.52. The number of hydrogen-bond acceptors (Lipinski definition) is 6. The maximum atomic E-state index is 12.4. The van der Waals surface area contributed by atoms with E-state index in [4.69, 9.17) is 21.1 Å². The summed E-state index contributed by atoms with van der Waals surface area (Å²) in [4.78, 5) is 24.8. The van der Waals surface area contributed by atoms with Gasteiger partial charge in [0.25, 0.3) is 0 Å². The minimum atomic E-state index is -0.0533. The Labute approximate surface area is 168 Å². The molecule has 4 rings (SSSR count). The summed E-state index contributed by atoms with van der Waals surface area (Å²) in [5.41, 5.74) is 1.00. The Kier molecular flexibility index (Phi) is 5.66. The Hall–Kier alpha value is -2.74. The van der Waals surface area contributed by atoms with Crippen molar-refractivity contribution >= 4 is 23.4 Å². The van der Waals surface area contributed by atoms with Crippen molar-refractivity contribution in [2.75, 3.05) is 50.8 Å². The van der Waals surface area contributed by atoms with Crippen molar-refractivity contribution in [3.8, 4) is 11.5 Å². The fourth-order valence-corrected chi connectivity index (χ4v) is 3.62. The van der Waals surface area contributed by atoms with Crippen LogP contribution in [0, 0.1) is 0 Å². The van der Waals surface area contributed by atoms with Crippen molar-refractivity contribution in [3.63, 3.8) is 0 Å². The van der Waals surface area contributed by atoms with Gasteiger partial charge in [-0.1, -0.05) is 11.6 Å². The third-order valence-corrected chi connectivity index (χ3v) is 5.07. The van der Waals surface area contributed by atoms with Crippen molar-refractivity contribution in [2.45, 2.75) is 6.42 Å². The van der Waals surface area contributed by atoms with Crippen LogP contribution in [0.15, 0.2) is 30.7 Å². The highest BCUT2D eigenvalue weighted by Crippen LogP contribution is 2.38. The van der Waals surface area contributed by atoms with Gasteiger partial charge in [0.05, 0.1) is 11.2 Å². The van der Waals surface area contributed by atoms with Crippen LogP contribution in [0.1, 0.15) is 5.56 Å². The van der Waals surface area contributed by atoms with Gasteiger partial charge in [-0.3, -0.25) is 4.98 Å². The number of nitrogens with one attached hydrogen (secondary N) is 1. The molecule has 8 nitrogen and oxygen atoms in total. The fourth-order valence-electron chi connectivity index (χ4n) is 3.33. The molecule has 1 aromatic heterocycles. The van der Waals surface area contributed by atoms with E-state index < -0.39 is 0 Å².